The first-order valence-electron chi connectivity index (χ1n) is 9.19. The lowest BCUT2D eigenvalue weighted by Crippen LogP contribution is -2.34. The van der Waals surface area contributed by atoms with Gasteiger partial charge in [0.2, 0.25) is 5.91 Å². The van der Waals surface area contributed by atoms with Gasteiger partial charge in [-0.1, -0.05) is 36.4 Å². The number of hydrogen-bond acceptors (Lipinski definition) is 3. The first-order valence-corrected chi connectivity index (χ1v) is 9.19. The molecule has 3 aromatic carbocycles. The molecule has 0 fully saturated rings. The molecule has 146 valence electrons. The van der Waals surface area contributed by atoms with E-state index in [2.05, 4.69) is 0 Å². The normalized spacial score (nSPS) is 11.9. The third-order valence-corrected chi connectivity index (χ3v) is 4.84. The summed E-state index contributed by atoms with van der Waals surface area (Å²) in [6, 6.07) is 18.1. The van der Waals surface area contributed by atoms with E-state index < -0.39 is 5.82 Å². The summed E-state index contributed by atoms with van der Waals surface area (Å²) >= 11 is 0. The van der Waals surface area contributed by atoms with Crippen LogP contribution in [0.2, 0.25) is 0 Å². The largest absolute Gasteiger partial charge is 0.497 e. The zero-order valence-electron chi connectivity index (χ0n) is 16.3. The number of hydrogen-bond donors (Lipinski definition) is 0. The number of nitrogens with zero attached hydrogens (tertiary/aromatic N) is 1. The average Bonchev–Trinajstić information content (AvgIpc) is 2.73. The minimum atomic E-state index is -0.405. The van der Waals surface area contributed by atoms with Gasteiger partial charge in [0.05, 0.1) is 19.6 Å². The molecule has 0 bridgehead atoms. The Morgan fingerprint density at radius 3 is 2.54 bits per heavy atom. The molecule has 0 aromatic heterocycles. The molecule has 0 heterocycles. The highest BCUT2D eigenvalue weighted by atomic mass is 19.1. The minimum absolute atomic E-state index is 0.00926. The Labute approximate surface area is 164 Å². The number of likely N-dealkylation sites (N-methyl/N-ethyl adjacent to an activating group) is 1. The maximum atomic E-state index is 13.6. The number of methoxy groups -OCH3 is 1. The molecule has 0 unspecified atom stereocenters. The Morgan fingerprint density at radius 1 is 1.07 bits per heavy atom. The second kappa shape index (κ2) is 8.74. The van der Waals surface area contributed by atoms with Crippen LogP contribution in [0, 0.1) is 5.82 Å². The van der Waals surface area contributed by atoms with E-state index in [1.165, 1.54) is 6.07 Å². The van der Waals surface area contributed by atoms with Gasteiger partial charge < -0.3 is 14.4 Å². The molecule has 0 aliphatic heterocycles. The van der Waals surface area contributed by atoms with Crippen LogP contribution in [0.5, 0.6) is 11.5 Å². The van der Waals surface area contributed by atoms with E-state index in [0.29, 0.717) is 6.54 Å². The molecule has 28 heavy (non-hydrogen) atoms. The molecule has 5 heteroatoms. The number of halogens is 1. The van der Waals surface area contributed by atoms with Gasteiger partial charge in [-0.3, -0.25) is 4.79 Å². The number of benzene rings is 3. The second-order valence-electron chi connectivity index (χ2n) is 6.73. The van der Waals surface area contributed by atoms with Crippen molar-refractivity contribution in [3.8, 4) is 11.5 Å². The van der Waals surface area contributed by atoms with E-state index >= 15 is 0 Å². The number of fused-ring (bicyclic) bond motifs is 1. The maximum absolute atomic E-state index is 13.6. The summed E-state index contributed by atoms with van der Waals surface area (Å²) < 4.78 is 24.3. The van der Waals surface area contributed by atoms with Gasteiger partial charge in [0, 0.05) is 7.05 Å². The molecule has 3 rings (SSSR count). The molecular weight excluding hydrogens is 357 g/mol. The van der Waals surface area contributed by atoms with Crippen LogP contribution in [0.25, 0.3) is 10.8 Å². The van der Waals surface area contributed by atoms with Crippen LogP contribution in [0.4, 0.5) is 4.39 Å². The maximum Gasteiger partial charge on any atom is 0.229 e. The highest BCUT2D eigenvalue weighted by Gasteiger charge is 2.19. The lowest BCUT2D eigenvalue weighted by molar-refractivity contribution is -0.131. The number of amides is 1. The van der Waals surface area contributed by atoms with Crippen LogP contribution in [0.3, 0.4) is 0 Å². The highest BCUT2D eigenvalue weighted by Crippen LogP contribution is 2.26. The summed E-state index contributed by atoms with van der Waals surface area (Å²) in [4.78, 5) is 14.4. The molecule has 0 radical (unpaired) electrons. The fourth-order valence-electron chi connectivity index (χ4n) is 3.08. The molecule has 0 spiro atoms. The number of carbonyl (C=O) groups excluding carboxylic acids is 1. The zero-order chi connectivity index (χ0) is 20.1. The minimum Gasteiger partial charge on any atom is -0.497 e. The van der Waals surface area contributed by atoms with Gasteiger partial charge in [-0.05, 0) is 47.5 Å². The molecule has 0 N–H and O–H groups in total. The number of carbonyl (C=O) groups is 1. The van der Waals surface area contributed by atoms with E-state index in [4.69, 9.17) is 9.47 Å². The van der Waals surface area contributed by atoms with Crippen LogP contribution in [0.1, 0.15) is 18.4 Å². The van der Waals surface area contributed by atoms with Gasteiger partial charge in [0.1, 0.15) is 12.4 Å². The quantitative estimate of drug-likeness (QED) is 0.599. The smallest absolute Gasteiger partial charge is 0.229 e. The van der Waals surface area contributed by atoms with E-state index in [1.807, 2.05) is 43.3 Å². The van der Waals surface area contributed by atoms with Crippen molar-refractivity contribution in [1.29, 1.82) is 0 Å². The van der Waals surface area contributed by atoms with Crippen molar-refractivity contribution < 1.29 is 18.7 Å². The predicted octanol–water partition coefficient (Wildman–Crippen LogP) is 4.63. The van der Waals surface area contributed by atoms with Crippen molar-refractivity contribution in [3.05, 3.63) is 72.0 Å². The summed E-state index contributed by atoms with van der Waals surface area (Å²) in [5.74, 6) is 0.299. The molecule has 0 aliphatic rings. The molecule has 4 nitrogen and oxygen atoms in total. The van der Waals surface area contributed by atoms with Crippen molar-refractivity contribution in [1.82, 2.24) is 4.90 Å². The molecular formula is C23H24FNO3. The monoisotopic (exact) mass is 381 g/mol. The lowest BCUT2D eigenvalue weighted by Gasteiger charge is -2.22. The number of rotatable bonds is 7. The first kappa shape index (κ1) is 19.7. The second-order valence-corrected chi connectivity index (χ2v) is 6.73. The van der Waals surface area contributed by atoms with Crippen LogP contribution in [0.15, 0.2) is 60.7 Å². The van der Waals surface area contributed by atoms with Crippen molar-refractivity contribution in [2.45, 2.75) is 12.8 Å². The fourth-order valence-corrected chi connectivity index (χ4v) is 3.08. The average molecular weight is 381 g/mol. The van der Waals surface area contributed by atoms with Crippen molar-refractivity contribution in [3.63, 3.8) is 0 Å². The van der Waals surface area contributed by atoms with Gasteiger partial charge in [0.15, 0.2) is 11.6 Å². The van der Waals surface area contributed by atoms with E-state index in [0.717, 1.165) is 22.1 Å². The van der Waals surface area contributed by atoms with Crippen molar-refractivity contribution in [2.75, 3.05) is 27.3 Å². The number of para-hydroxylation sites is 1. The van der Waals surface area contributed by atoms with Gasteiger partial charge in [0.25, 0.3) is 0 Å². The summed E-state index contributed by atoms with van der Waals surface area (Å²) in [6.07, 6.45) is 0. The third-order valence-electron chi connectivity index (χ3n) is 4.84. The Hall–Kier alpha value is -3.08. The standard InChI is InChI=1S/C23H24FNO3/c1-16(17-8-9-19-15-20(27-3)11-10-18(19)14-17)23(26)25(2)12-13-28-22-7-5-4-6-21(22)24/h4-11,14-16H,12-13H2,1-3H3/t16-/m0/s1. The zero-order valence-corrected chi connectivity index (χ0v) is 16.3. The van der Waals surface area contributed by atoms with Crippen LogP contribution in [-0.2, 0) is 4.79 Å². The van der Waals surface area contributed by atoms with Crippen molar-refractivity contribution >= 4 is 16.7 Å². The summed E-state index contributed by atoms with van der Waals surface area (Å²) in [6.45, 7) is 2.50. The Bertz CT molecular complexity index is 973. The van der Waals surface area contributed by atoms with Crippen LogP contribution < -0.4 is 9.47 Å². The summed E-state index contributed by atoms with van der Waals surface area (Å²) in [7, 11) is 3.37. The molecule has 0 aliphatic carbocycles. The van der Waals surface area contributed by atoms with E-state index in [-0.39, 0.29) is 24.2 Å². The van der Waals surface area contributed by atoms with Gasteiger partial charge >= 0.3 is 0 Å². The molecule has 1 atom stereocenters. The molecule has 1 amide bonds. The Morgan fingerprint density at radius 2 is 1.79 bits per heavy atom. The Kier molecular flexibility index (Phi) is 6.14. The topological polar surface area (TPSA) is 38.8 Å². The first-order chi connectivity index (χ1) is 13.5. The van der Waals surface area contributed by atoms with E-state index in [9.17, 15) is 9.18 Å². The summed E-state index contributed by atoms with van der Waals surface area (Å²) in [5.41, 5.74) is 0.949. The molecule has 0 saturated heterocycles. The third kappa shape index (κ3) is 4.42. The van der Waals surface area contributed by atoms with Gasteiger partial charge in [-0.25, -0.2) is 4.39 Å². The summed E-state index contributed by atoms with van der Waals surface area (Å²) in [5, 5.41) is 2.12. The highest BCUT2D eigenvalue weighted by molar-refractivity contribution is 5.88. The van der Waals surface area contributed by atoms with Gasteiger partial charge in [-0.2, -0.15) is 0 Å². The van der Waals surface area contributed by atoms with Gasteiger partial charge in [-0.15, -0.1) is 0 Å². The molecule has 0 saturated carbocycles. The fraction of sp³-hybridized carbons (Fsp3) is 0.261. The predicted molar refractivity (Wildman–Crippen MR) is 108 cm³/mol. The molecule has 3 aromatic rings. The lowest BCUT2D eigenvalue weighted by atomic mass is 9.96. The number of ether oxygens (including phenoxy) is 2. The SMILES string of the molecule is COc1ccc2cc([C@H](C)C(=O)N(C)CCOc3ccccc3F)ccc2c1. The van der Waals surface area contributed by atoms with E-state index in [1.54, 1.807) is 37.3 Å². The van der Waals surface area contributed by atoms with Crippen LogP contribution >= 0.6 is 0 Å². The van der Waals surface area contributed by atoms with Crippen LogP contribution in [-0.4, -0.2) is 38.1 Å². The Balaban J connectivity index is 1.62. The van der Waals surface area contributed by atoms with Crippen molar-refractivity contribution in [2.24, 2.45) is 0 Å².